The van der Waals surface area contributed by atoms with Gasteiger partial charge in [0.2, 0.25) is 0 Å². The molecule has 13 nitrogen and oxygen atoms in total. The number of aliphatic imine (C=N–C) groups is 1. The maximum Gasteiger partial charge on any atom is 0.192 e. The molecule has 3 aliphatic heterocycles. The summed E-state index contributed by atoms with van der Waals surface area (Å²) in [7, 11) is 1.81. The number of fused-ring (bicyclic) bond motifs is 3. The van der Waals surface area contributed by atoms with E-state index in [9.17, 15) is 30.3 Å². The van der Waals surface area contributed by atoms with Gasteiger partial charge in [0.1, 0.15) is 66.0 Å². The first kappa shape index (κ1) is 31.4. The molecule has 2 aromatic rings. The lowest BCUT2D eigenvalue weighted by Gasteiger charge is -2.42. The van der Waals surface area contributed by atoms with E-state index in [1.165, 1.54) is 6.07 Å². The maximum atomic E-state index is 12.6. The molecule has 3 aliphatic rings. The van der Waals surface area contributed by atoms with E-state index in [1.807, 2.05) is 20.0 Å². The first-order valence-corrected chi connectivity index (χ1v) is 14.3. The molecule has 7 N–H and O–H groups in total. The predicted octanol–water partition coefficient (Wildman–Crippen LogP) is -1.72. The molecule has 0 saturated heterocycles. The van der Waals surface area contributed by atoms with Gasteiger partial charge in [-0.2, -0.15) is 0 Å². The van der Waals surface area contributed by atoms with Gasteiger partial charge in [0.15, 0.2) is 17.1 Å². The Hall–Kier alpha value is -2.98. The summed E-state index contributed by atoms with van der Waals surface area (Å²) in [5, 5.41) is 56.7. The minimum Gasteiger partial charge on any atom is -0.484 e. The van der Waals surface area contributed by atoms with E-state index < -0.39 is 48.8 Å². The zero-order valence-corrected chi connectivity index (χ0v) is 24.4. The summed E-state index contributed by atoms with van der Waals surface area (Å²) in [6.45, 7) is 2.53. The quantitative estimate of drug-likeness (QED) is 0.102. The molecule has 0 radical (unpaired) electrons. The fourth-order valence-corrected chi connectivity index (χ4v) is 5.89. The normalized spacial score (nSPS) is 27.7. The minimum atomic E-state index is -2.30. The Balaban J connectivity index is 1.33. The number of hydrogen-bond donors (Lipinski definition) is 7. The highest BCUT2D eigenvalue weighted by molar-refractivity contribution is 6.02. The van der Waals surface area contributed by atoms with Crippen LogP contribution < -0.4 is 20.4 Å². The number of benzene rings is 1. The van der Waals surface area contributed by atoms with Crippen LogP contribution in [0.5, 0.6) is 5.75 Å². The van der Waals surface area contributed by atoms with Crippen molar-refractivity contribution in [2.24, 2.45) is 4.99 Å². The predicted molar refractivity (Wildman–Crippen MR) is 155 cm³/mol. The molecule has 1 aromatic heterocycles. The van der Waals surface area contributed by atoms with Crippen molar-refractivity contribution in [3.05, 3.63) is 64.3 Å². The number of quaternary nitrogens is 1. The third-order valence-corrected chi connectivity index (χ3v) is 8.56. The summed E-state index contributed by atoms with van der Waals surface area (Å²) >= 11 is 0. The van der Waals surface area contributed by atoms with E-state index in [2.05, 4.69) is 10.3 Å². The molecule has 4 heterocycles. The van der Waals surface area contributed by atoms with E-state index in [1.54, 1.807) is 37.5 Å². The molecule has 0 spiro atoms. The first-order chi connectivity index (χ1) is 20.5. The smallest absolute Gasteiger partial charge is 0.192 e. The van der Waals surface area contributed by atoms with Gasteiger partial charge in [0, 0.05) is 37.3 Å². The average Bonchev–Trinajstić information content (AvgIpc) is 3.60. The number of aliphatic hydroxyl groups excluding tert-OH is 4. The van der Waals surface area contributed by atoms with Crippen LogP contribution in [0.4, 0.5) is 0 Å². The number of ether oxygens (including phenoxy) is 1. The summed E-state index contributed by atoms with van der Waals surface area (Å²) in [4.78, 5) is 28.8. The summed E-state index contributed by atoms with van der Waals surface area (Å²) in [6, 6.07) is 4.62. The molecule has 0 fully saturated rings. The van der Waals surface area contributed by atoms with Gasteiger partial charge in [0.25, 0.3) is 0 Å². The van der Waals surface area contributed by atoms with Gasteiger partial charge in [-0.15, -0.1) is 0 Å². The van der Waals surface area contributed by atoms with Crippen molar-refractivity contribution >= 4 is 16.7 Å². The Labute approximate surface area is 248 Å². The summed E-state index contributed by atoms with van der Waals surface area (Å²) in [5.74, 6) is 1.05. The highest BCUT2D eigenvalue weighted by Crippen LogP contribution is 2.39. The fourth-order valence-electron chi connectivity index (χ4n) is 5.89. The first-order valence-electron chi connectivity index (χ1n) is 14.3. The molecule has 1 aromatic carbocycles. The van der Waals surface area contributed by atoms with E-state index in [-0.39, 0.29) is 18.0 Å². The van der Waals surface area contributed by atoms with Crippen LogP contribution in [0.15, 0.2) is 57.0 Å². The number of nitrogens with zero attached hydrogens (tertiary/aromatic N) is 1. The van der Waals surface area contributed by atoms with E-state index in [4.69, 9.17) is 18.9 Å². The van der Waals surface area contributed by atoms with Crippen LogP contribution in [0.2, 0.25) is 0 Å². The van der Waals surface area contributed by atoms with E-state index in [0.29, 0.717) is 52.3 Å². The topological polar surface area (TPSA) is 188 Å². The lowest BCUT2D eigenvalue weighted by molar-refractivity contribution is -0.861. The zero-order chi connectivity index (χ0) is 30.9. The zero-order valence-electron chi connectivity index (χ0n) is 24.4. The molecule has 234 valence electrons. The Morgan fingerprint density at radius 3 is 2.81 bits per heavy atom. The van der Waals surface area contributed by atoms with Crippen LogP contribution in [0.3, 0.4) is 0 Å². The Morgan fingerprint density at radius 1 is 1.28 bits per heavy atom. The minimum absolute atomic E-state index is 0.175. The molecule has 2 unspecified atom stereocenters. The lowest BCUT2D eigenvalue weighted by Crippen LogP contribution is -3.13. The molecule has 0 saturated carbocycles. The molecule has 0 amide bonds. The molecular weight excluding hydrogens is 562 g/mol. The fraction of sp³-hybridized carbons (Fsp3) is 0.533. The average molecular weight is 603 g/mol. The second-order valence-corrected chi connectivity index (χ2v) is 11.7. The van der Waals surface area contributed by atoms with Crippen molar-refractivity contribution in [1.82, 2.24) is 5.32 Å². The van der Waals surface area contributed by atoms with Gasteiger partial charge >= 0.3 is 0 Å². The van der Waals surface area contributed by atoms with Crippen molar-refractivity contribution in [2.75, 3.05) is 33.4 Å². The van der Waals surface area contributed by atoms with Crippen molar-refractivity contribution in [1.29, 1.82) is 0 Å². The van der Waals surface area contributed by atoms with E-state index in [0.717, 1.165) is 5.71 Å². The van der Waals surface area contributed by atoms with Gasteiger partial charge in [-0.25, -0.2) is 9.78 Å². The summed E-state index contributed by atoms with van der Waals surface area (Å²) in [5.41, 5.74) is -1.47. The van der Waals surface area contributed by atoms with Gasteiger partial charge < -0.3 is 40.0 Å². The Bertz CT molecular complexity index is 1470. The number of aliphatic hydroxyl groups is 5. The third kappa shape index (κ3) is 6.18. The molecule has 0 bridgehead atoms. The van der Waals surface area contributed by atoms with Crippen LogP contribution >= 0.6 is 0 Å². The largest absolute Gasteiger partial charge is 0.484 e. The monoisotopic (exact) mass is 602 g/mol. The van der Waals surface area contributed by atoms with Crippen molar-refractivity contribution in [2.45, 2.75) is 68.3 Å². The van der Waals surface area contributed by atoms with Gasteiger partial charge in [-0.3, -0.25) is 14.7 Å². The number of rotatable bonds is 13. The molecule has 13 heteroatoms. The van der Waals surface area contributed by atoms with E-state index >= 15 is 0 Å². The van der Waals surface area contributed by atoms with Gasteiger partial charge in [-0.05, 0) is 45.1 Å². The SMILES string of the molecule is CNCC[C@]1(C)Oc2cc3oc(C)cc(=O)c3cc2C[C@H]1OOC[C@H](O)[C@](O)(C[NH+]1C=CC2=NC=CC21)[C@H](O)[C@H](O)CO. The van der Waals surface area contributed by atoms with Crippen molar-refractivity contribution < 1.29 is 49.4 Å². The molecule has 5 rings (SSSR count). The summed E-state index contributed by atoms with van der Waals surface area (Å²) in [6.07, 6.45) is 1.78. The highest BCUT2D eigenvalue weighted by Gasteiger charge is 2.51. The maximum absolute atomic E-state index is 12.6. The van der Waals surface area contributed by atoms with Gasteiger partial charge in [0.05, 0.1) is 18.2 Å². The second-order valence-electron chi connectivity index (χ2n) is 11.7. The van der Waals surface area contributed by atoms with Gasteiger partial charge in [-0.1, -0.05) is 0 Å². The molecule has 8 atom stereocenters. The van der Waals surface area contributed by atoms with Crippen molar-refractivity contribution in [3.8, 4) is 5.75 Å². The van der Waals surface area contributed by atoms with Crippen LogP contribution in [0.1, 0.15) is 24.7 Å². The molecule has 0 aliphatic carbocycles. The van der Waals surface area contributed by atoms with Crippen molar-refractivity contribution in [3.63, 3.8) is 0 Å². The lowest BCUT2D eigenvalue weighted by atomic mass is 9.86. The molecular formula is C30H40N3O10+. The standard InChI is InChI=1S/C30H39N3O10/c1-17-10-22(35)19-11-18-12-27(29(2,6-8-31-3)42-24(18)13-25(19)41-17)43-40-15-26(37)30(39,28(38)23(36)14-34)16-33-9-5-20-21(33)4-7-32-20/h4-5,7,9-11,13,21,23,26-28,31,34,36-39H,6,8,12,14-16H2,1-3H3/p+1/t21?,23-,26+,27-,28-,29+,30-/m1/s1. The Kier molecular flexibility index (Phi) is 9.18. The third-order valence-electron chi connectivity index (χ3n) is 8.56. The van der Waals surface area contributed by atoms with Crippen LogP contribution in [-0.4, -0.2) is 106 Å². The highest BCUT2D eigenvalue weighted by atomic mass is 17.2. The van der Waals surface area contributed by atoms with Crippen LogP contribution in [0, 0.1) is 6.92 Å². The molecule has 43 heavy (non-hydrogen) atoms. The number of hydrogen-bond acceptors (Lipinski definition) is 12. The van der Waals surface area contributed by atoms with Crippen LogP contribution in [0.25, 0.3) is 11.0 Å². The number of nitrogens with one attached hydrogen (secondary N) is 2. The summed E-state index contributed by atoms with van der Waals surface area (Å²) < 4.78 is 12.2. The second kappa shape index (κ2) is 12.6. The number of aryl methyl sites for hydroxylation is 1. The Morgan fingerprint density at radius 2 is 2.07 bits per heavy atom. The van der Waals surface area contributed by atoms with Crippen LogP contribution in [-0.2, 0) is 16.2 Å².